The van der Waals surface area contributed by atoms with Gasteiger partial charge in [0.1, 0.15) is 10.8 Å². The predicted molar refractivity (Wildman–Crippen MR) is 95.7 cm³/mol. The Balaban J connectivity index is 1.81. The molecule has 0 saturated carbocycles. The van der Waals surface area contributed by atoms with Crippen molar-refractivity contribution in [1.29, 1.82) is 0 Å². The fraction of sp³-hybridized carbons (Fsp3) is 0.294. The van der Waals surface area contributed by atoms with Gasteiger partial charge in [-0.2, -0.15) is 0 Å². The molecular weight excluding hydrogens is 333 g/mol. The van der Waals surface area contributed by atoms with Crippen LogP contribution in [0.1, 0.15) is 22.5 Å². The third-order valence-electron chi connectivity index (χ3n) is 3.41. The Morgan fingerprint density at radius 2 is 1.83 bits per heavy atom. The highest BCUT2D eigenvalue weighted by Gasteiger charge is 2.12. The van der Waals surface area contributed by atoms with E-state index in [4.69, 9.17) is 23.2 Å². The van der Waals surface area contributed by atoms with Gasteiger partial charge in [-0.1, -0.05) is 35.3 Å². The number of carbonyl (C=O) groups is 1. The molecule has 0 saturated heterocycles. The molecule has 1 aromatic carbocycles. The molecule has 0 spiro atoms. The number of nitrogens with zero attached hydrogens (tertiary/aromatic N) is 2. The lowest BCUT2D eigenvalue weighted by Crippen LogP contribution is -2.26. The van der Waals surface area contributed by atoms with E-state index in [0.29, 0.717) is 11.6 Å². The molecule has 0 fully saturated rings. The Kier molecular flexibility index (Phi) is 6.25. The van der Waals surface area contributed by atoms with Crippen LogP contribution in [0.25, 0.3) is 0 Å². The number of aromatic nitrogens is 1. The monoisotopic (exact) mass is 351 g/mol. The van der Waals surface area contributed by atoms with E-state index in [-0.39, 0.29) is 16.8 Å². The second-order valence-corrected chi connectivity index (χ2v) is 6.18. The van der Waals surface area contributed by atoms with E-state index < -0.39 is 0 Å². The molecule has 4 nitrogen and oxygen atoms in total. The summed E-state index contributed by atoms with van der Waals surface area (Å²) in [5.41, 5.74) is 2.57. The maximum atomic E-state index is 12.0. The highest BCUT2D eigenvalue weighted by Crippen LogP contribution is 2.17. The molecule has 23 heavy (non-hydrogen) atoms. The third kappa shape index (κ3) is 5.12. The first kappa shape index (κ1) is 17.6. The molecule has 0 bridgehead atoms. The molecule has 0 atom stereocenters. The minimum absolute atomic E-state index is 0.162. The van der Waals surface area contributed by atoms with Gasteiger partial charge in [0.05, 0.1) is 5.02 Å². The SMILES string of the molecule is CN(C)c1ccc(CCCNC(=O)c2nc(Cl)ccc2Cl)cc1. The number of anilines is 1. The molecule has 6 heteroatoms. The van der Waals surface area contributed by atoms with Crippen molar-refractivity contribution in [2.45, 2.75) is 12.8 Å². The number of nitrogens with one attached hydrogen (secondary N) is 1. The van der Waals surface area contributed by atoms with E-state index >= 15 is 0 Å². The van der Waals surface area contributed by atoms with E-state index in [0.717, 1.165) is 12.8 Å². The minimum atomic E-state index is -0.305. The van der Waals surface area contributed by atoms with Crippen molar-refractivity contribution in [3.05, 3.63) is 57.8 Å². The number of rotatable bonds is 6. The van der Waals surface area contributed by atoms with Gasteiger partial charge in [-0.3, -0.25) is 4.79 Å². The zero-order valence-corrected chi connectivity index (χ0v) is 14.7. The number of aryl methyl sites for hydroxylation is 1. The molecular formula is C17H19Cl2N3O. The van der Waals surface area contributed by atoms with Gasteiger partial charge in [0.15, 0.2) is 0 Å². The highest BCUT2D eigenvalue weighted by molar-refractivity contribution is 6.34. The first-order valence-electron chi connectivity index (χ1n) is 7.34. The number of halogens is 2. The van der Waals surface area contributed by atoms with Crippen LogP contribution in [0.4, 0.5) is 5.69 Å². The molecule has 0 aliphatic heterocycles. The molecule has 0 aliphatic carbocycles. The average Bonchev–Trinajstić information content (AvgIpc) is 2.54. The number of hydrogen-bond acceptors (Lipinski definition) is 3. The van der Waals surface area contributed by atoms with Gasteiger partial charge in [-0.15, -0.1) is 0 Å². The number of pyridine rings is 1. The normalized spacial score (nSPS) is 10.4. The number of amides is 1. The Labute approximate surface area is 146 Å². The quantitative estimate of drug-likeness (QED) is 0.635. The lowest BCUT2D eigenvalue weighted by Gasteiger charge is -2.12. The predicted octanol–water partition coefficient (Wildman–Crippen LogP) is 3.82. The minimum Gasteiger partial charge on any atom is -0.378 e. The summed E-state index contributed by atoms with van der Waals surface area (Å²) in [6, 6.07) is 11.5. The summed E-state index contributed by atoms with van der Waals surface area (Å²) in [4.78, 5) is 18.0. The lowest BCUT2D eigenvalue weighted by molar-refractivity contribution is 0.0948. The van der Waals surface area contributed by atoms with Crippen molar-refractivity contribution < 1.29 is 4.79 Å². The molecule has 1 amide bonds. The molecule has 0 aliphatic rings. The van der Waals surface area contributed by atoms with E-state index in [9.17, 15) is 4.79 Å². The van der Waals surface area contributed by atoms with Gasteiger partial charge >= 0.3 is 0 Å². The summed E-state index contributed by atoms with van der Waals surface area (Å²) >= 11 is 11.7. The van der Waals surface area contributed by atoms with Gasteiger partial charge in [0.2, 0.25) is 0 Å². The van der Waals surface area contributed by atoms with Gasteiger partial charge in [0, 0.05) is 26.3 Å². The standard InChI is InChI=1S/C17H19Cl2N3O/c1-22(2)13-7-5-12(6-8-13)4-3-11-20-17(23)16-14(18)9-10-15(19)21-16/h5-10H,3-4,11H2,1-2H3,(H,20,23). The van der Waals surface area contributed by atoms with Crippen molar-refractivity contribution in [3.63, 3.8) is 0 Å². The van der Waals surface area contributed by atoms with Crippen LogP contribution in [0, 0.1) is 0 Å². The van der Waals surface area contributed by atoms with Gasteiger partial charge in [0.25, 0.3) is 5.91 Å². The van der Waals surface area contributed by atoms with Crippen molar-refractivity contribution in [3.8, 4) is 0 Å². The second-order valence-electron chi connectivity index (χ2n) is 5.38. The van der Waals surface area contributed by atoms with Gasteiger partial charge in [-0.05, 0) is 42.7 Å². The number of carbonyl (C=O) groups excluding carboxylic acids is 1. The summed E-state index contributed by atoms with van der Waals surface area (Å²) in [5.74, 6) is -0.305. The average molecular weight is 352 g/mol. The molecule has 122 valence electrons. The maximum Gasteiger partial charge on any atom is 0.271 e. The fourth-order valence-corrected chi connectivity index (χ4v) is 2.46. The highest BCUT2D eigenvalue weighted by atomic mass is 35.5. The molecule has 1 heterocycles. The molecule has 0 radical (unpaired) electrons. The van der Waals surface area contributed by atoms with E-state index in [1.165, 1.54) is 11.3 Å². The Hall–Kier alpha value is -1.78. The summed E-state index contributed by atoms with van der Waals surface area (Å²) in [5, 5.41) is 3.36. The molecule has 0 unspecified atom stereocenters. The van der Waals surface area contributed by atoms with Crippen LogP contribution in [0.15, 0.2) is 36.4 Å². The molecule has 1 N–H and O–H groups in total. The topological polar surface area (TPSA) is 45.2 Å². The Morgan fingerprint density at radius 1 is 1.13 bits per heavy atom. The summed E-state index contributed by atoms with van der Waals surface area (Å²) in [7, 11) is 4.03. The number of benzene rings is 1. The first-order valence-corrected chi connectivity index (χ1v) is 8.09. The Morgan fingerprint density at radius 3 is 2.48 bits per heavy atom. The molecule has 1 aromatic heterocycles. The number of hydrogen-bond donors (Lipinski definition) is 1. The second kappa shape index (κ2) is 8.18. The largest absolute Gasteiger partial charge is 0.378 e. The fourth-order valence-electron chi connectivity index (χ4n) is 2.12. The Bertz CT molecular complexity index is 672. The summed E-state index contributed by atoms with van der Waals surface area (Å²) in [6.45, 7) is 0.554. The van der Waals surface area contributed by atoms with Crippen molar-refractivity contribution in [2.75, 3.05) is 25.5 Å². The van der Waals surface area contributed by atoms with Gasteiger partial charge < -0.3 is 10.2 Å². The third-order valence-corrected chi connectivity index (χ3v) is 3.92. The smallest absolute Gasteiger partial charge is 0.271 e. The van der Waals surface area contributed by atoms with Crippen molar-refractivity contribution >= 4 is 34.8 Å². The van der Waals surface area contributed by atoms with Crippen LogP contribution < -0.4 is 10.2 Å². The van der Waals surface area contributed by atoms with Crippen LogP contribution in [0.2, 0.25) is 10.2 Å². The lowest BCUT2D eigenvalue weighted by atomic mass is 10.1. The zero-order valence-electron chi connectivity index (χ0n) is 13.1. The van der Waals surface area contributed by atoms with Crippen LogP contribution in [-0.2, 0) is 6.42 Å². The first-order chi connectivity index (χ1) is 11.0. The van der Waals surface area contributed by atoms with Gasteiger partial charge in [-0.25, -0.2) is 4.98 Å². The summed E-state index contributed by atoms with van der Waals surface area (Å²) < 4.78 is 0. The van der Waals surface area contributed by atoms with E-state index in [1.54, 1.807) is 12.1 Å². The maximum absolute atomic E-state index is 12.0. The summed E-state index contributed by atoms with van der Waals surface area (Å²) in [6.07, 6.45) is 1.73. The van der Waals surface area contributed by atoms with E-state index in [2.05, 4.69) is 39.5 Å². The van der Waals surface area contributed by atoms with Crippen LogP contribution in [0.5, 0.6) is 0 Å². The van der Waals surface area contributed by atoms with Crippen molar-refractivity contribution in [2.24, 2.45) is 0 Å². The van der Waals surface area contributed by atoms with Crippen LogP contribution in [0.3, 0.4) is 0 Å². The molecule has 2 rings (SSSR count). The van der Waals surface area contributed by atoms with Crippen molar-refractivity contribution in [1.82, 2.24) is 10.3 Å². The zero-order chi connectivity index (χ0) is 16.8. The van der Waals surface area contributed by atoms with Crippen LogP contribution >= 0.6 is 23.2 Å². The van der Waals surface area contributed by atoms with Crippen LogP contribution in [-0.4, -0.2) is 31.5 Å². The molecule has 2 aromatic rings. The van der Waals surface area contributed by atoms with E-state index in [1.807, 2.05) is 14.1 Å².